The molecule has 1 amide bonds. The summed E-state index contributed by atoms with van der Waals surface area (Å²) in [6.07, 6.45) is 4.39. The maximum absolute atomic E-state index is 13.2. The molecule has 1 aliphatic rings. The van der Waals surface area contributed by atoms with Gasteiger partial charge < -0.3 is 9.80 Å². The zero-order valence-electron chi connectivity index (χ0n) is 18.4. The Morgan fingerprint density at radius 1 is 0.968 bits per heavy atom. The van der Waals surface area contributed by atoms with Gasteiger partial charge in [-0.05, 0) is 46.7 Å². The van der Waals surface area contributed by atoms with E-state index in [1.165, 1.54) is 16.7 Å². The maximum Gasteiger partial charge on any atom is 0.227 e. The van der Waals surface area contributed by atoms with Crippen molar-refractivity contribution in [3.8, 4) is 11.1 Å². The molecule has 4 rings (SSSR count). The minimum atomic E-state index is -0.0431. The van der Waals surface area contributed by atoms with Crippen LogP contribution in [0.3, 0.4) is 0 Å². The molecule has 0 radical (unpaired) electrons. The molecule has 1 aromatic heterocycles. The van der Waals surface area contributed by atoms with Crippen molar-refractivity contribution in [1.82, 2.24) is 14.8 Å². The van der Waals surface area contributed by atoms with Gasteiger partial charge in [0.1, 0.15) is 0 Å². The summed E-state index contributed by atoms with van der Waals surface area (Å²) in [5, 5.41) is 0. The largest absolute Gasteiger partial charge is 0.344 e. The van der Waals surface area contributed by atoms with Gasteiger partial charge in [0.25, 0.3) is 0 Å². The lowest BCUT2D eigenvalue weighted by atomic mass is 9.91. The SMILES string of the molecule is C[C@H](CN1CCN(C)C(=O)[C@H](Cc2ccccc2-c2ccncc2)C1)c1ccccc1. The van der Waals surface area contributed by atoms with Crippen molar-refractivity contribution in [1.29, 1.82) is 0 Å². The van der Waals surface area contributed by atoms with E-state index in [4.69, 9.17) is 0 Å². The first-order chi connectivity index (χ1) is 15.1. The molecule has 0 spiro atoms. The van der Waals surface area contributed by atoms with Crippen LogP contribution in [0.15, 0.2) is 79.1 Å². The first kappa shape index (κ1) is 21.3. The van der Waals surface area contributed by atoms with Crippen LogP contribution >= 0.6 is 0 Å². The van der Waals surface area contributed by atoms with E-state index in [-0.39, 0.29) is 11.8 Å². The number of carbonyl (C=O) groups excluding carboxylic acids is 1. The normalized spacial score (nSPS) is 18.6. The highest BCUT2D eigenvalue weighted by Crippen LogP contribution is 2.27. The molecular formula is C27H31N3O. The standard InChI is InChI=1S/C27H31N3O/c1-21(22-8-4-3-5-9-22)19-30-17-16-29(2)27(31)25(20-30)18-24-10-6-7-11-26(24)23-12-14-28-15-13-23/h3-15,21,25H,16-20H2,1-2H3/t21-,25-/m1/s1. The third-order valence-electron chi connectivity index (χ3n) is 6.33. The number of likely N-dealkylation sites (N-methyl/N-ethyl adjacent to an activating group) is 1. The number of benzene rings is 2. The van der Waals surface area contributed by atoms with Crippen LogP contribution in [-0.4, -0.2) is 53.9 Å². The second-order valence-corrected chi connectivity index (χ2v) is 8.63. The van der Waals surface area contributed by atoms with Crippen molar-refractivity contribution >= 4 is 5.91 Å². The number of amides is 1. The molecule has 160 valence electrons. The molecule has 0 bridgehead atoms. The van der Waals surface area contributed by atoms with Gasteiger partial charge in [-0.15, -0.1) is 0 Å². The molecule has 1 aliphatic heterocycles. The Morgan fingerprint density at radius 2 is 1.68 bits per heavy atom. The van der Waals surface area contributed by atoms with Crippen molar-refractivity contribution in [3.63, 3.8) is 0 Å². The third kappa shape index (κ3) is 5.20. The number of aromatic nitrogens is 1. The van der Waals surface area contributed by atoms with Gasteiger partial charge in [-0.2, -0.15) is 0 Å². The predicted octanol–water partition coefficient (Wildman–Crippen LogP) is 4.49. The Kier molecular flexibility index (Phi) is 6.78. The van der Waals surface area contributed by atoms with Crippen molar-refractivity contribution in [3.05, 3.63) is 90.3 Å². The van der Waals surface area contributed by atoms with Crippen LogP contribution in [0.2, 0.25) is 0 Å². The van der Waals surface area contributed by atoms with E-state index in [0.29, 0.717) is 5.92 Å². The van der Waals surface area contributed by atoms with Crippen LogP contribution in [-0.2, 0) is 11.2 Å². The van der Waals surface area contributed by atoms with Gasteiger partial charge in [0.2, 0.25) is 5.91 Å². The molecule has 2 atom stereocenters. The van der Waals surface area contributed by atoms with Gasteiger partial charge in [0, 0.05) is 45.6 Å². The van der Waals surface area contributed by atoms with Gasteiger partial charge >= 0.3 is 0 Å². The second kappa shape index (κ2) is 9.88. The number of pyridine rings is 1. The average Bonchev–Trinajstić information content (AvgIpc) is 2.94. The lowest BCUT2D eigenvalue weighted by molar-refractivity contribution is -0.133. The Balaban J connectivity index is 1.54. The quantitative estimate of drug-likeness (QED) is 0.598. The van der Waals surface area contributed by atoms with Crippen LogP contribution < -0.4 is 0 Å². The highest BCUT2D eigenvalue weighted by molar-refractivity contribution is 5.80. The highest BCUT2D eigenvalue weighted by Gasteiger charge is 2.30. The lowest BCUT2D eigenvalue weighted by Gasteiger charge is -2.26. The van der Waals surface area contributed by atoms with Gasteiger partial charge in [-0.3, -0.25) is 9.78 Å². The number of hydrogen-bond donors (Lipinski definition) is 0. The van der Waals surface area contributed by atoms with Gasteiger partial charge in [-0.1, -0.05) is 61.5 Å². The van der Waals surface area contributed by atoms with E-state index < -0.39 is 0 Å². The average molecular weight is 414 g/mol. The molecule has 0 N–H and O–H groups in total. The summed E-state index contributed by atoms with van der Waals surface area (Å²) in [5.74, 6) is 0.641. The first-order valence-electron chi connectivity index (χ1n) is 11.1. The fourth-order valence-electron chi connectivity index (χ4n) is 4.56. The van der Waals surface area contributed by atoms with Crippen molar-refractivity contribution in [2.75, 3.05) is 33.2 Å². The van der Waals surface area contributed by atoms with E-state index in [2.05, 4.69) is 71.4 Å². The number of rotatable bonds is 6. The number of hydrogen-bond acceptors (Lipinski definition) is 3. The Hall–Kier alpha value is -2.98. The molecule has 1 fully saturated rings. The van der Waals surface area contributed by atoms with Crippen LogP contribution in [0.5, 0.6) is 0 Å². The van der Waals surface area contributed by atoms with Crippen molar-refractivity contribution < 1.29 is 4.79 Å². The van der Waals surface area contributed by atoms with Gasteiger partial charge in [0.15, 0.2) is 0 Å². The fraction of sp³-hybridized carbons (Fsp3) is 0.333. The maximum atomic E-state index is 13.2. The first-order valence-corrected chi connectivity index (χ1v) is 11.1. The van der Waals surface area contributed by atoms with E-state index in [1.54, 1.807) is 0 Å². The number of nitrogens with zero attached hydrogens (tertiary/aromatic N) is 3. The minimum absolute atomic E-state index is 0.0431. The zero-order chi connectivity index (χ0) is 21.6. The smallest absolute Gasteiger partial charge is 0.227 e. The summed E-state index contributed by atoms with van der Waals surface area (Å²) in [5.41, 5.74) is 4.91. The molecule has 4 nitrogen and oxygen atoms in total. The molecule has 2 heterocycles. The van der Waals surface area contributed by atoms with Crippen LogP contribution in [0.4, 0.5) is 0 Å². The summed E-state index contributed by atoms with van der Waals surface area (Å²) in [6, 6.07) is 23.2. The lowest BCUT2D eigenvalue weighted by Crippen LogP contribution is -2.35. The number of carbonyl (C=O) groups is 1. The monoisotopic (exact) mass is 413 g/mol. The van der Waals surface area contributed by atoms with E-state index in [1.807, 2.05) is 36.5 Å². The summed E-state index contributed by atoms with van der Waals surface area (Å²) >= 11 is 0. The molecule has 4 heteroatoms. The fourth-order valence-corrected chi connectivity index (χ4v) is 4.56. The minimum Gasteiger partial charge on any atom is -0.344 e. The molecule has 3 aromatic rings. The molecule has 0 aliphatic carbocycles. The summed E-state index contributed by atoms with van der Waals surface area (Å²) in [6.45, 7) is 5.74. The second-order valence-electron chi connectivity index (χ2n) is 8.63. The Labute approximate surface area is 185 Å². The predicted molar refractivity (Wildman–Crippen MR) is 126 cm³/mol. The Bertz CT molecular complexity index is 990. The van der Waals surface area contributed by atoms with Crippen LogP contribution in [0.1, 0.15) is 24.0 Å². The zero-order valence-corrected chi connectivity index (χ0v) is 18.4. The van der Waals surface area contributed by atoms with Crippen molar-refractivity contribution in [2.45, 2.75) is 19.3 Å². The third-order valence-corrected chi connectivity index (χ3v) is 6.33. The highest BCUT2D eigenvalue weighted by atomic mass is 16.2. The summed E-state index contributed by atoms with van der Waals surface area (Å²) in [4.78, 5) is 21.7. The molecule has 0 saturated carbocycles. The molecule has 1 saturated heterocycles. The van der Waals surface area contributed by atoms with Gasteiger partial charge in [0.05, 0.1) is 5.92 Å². The van der Waals surface area contributed by atoms with Crippen LogP contribution in [0, 0.1) is 5.92 Å². The molecule has 2 aromatic carbocycles. The Morgan fingerprint density at radius 3 is 2.45 bits per heavy atom. The van der Waals surface area contributed by atoms with E-state index >= 15 is 0 Å². The molecule has 0 unspecified atom stereocenters. The summed E-state index contributed by atoms with van der Waals surface area (Å²) in [7, 11) is 1.94. The topological polar surface area (TPSA) is 36.4 Å². The van der Waals surface area contributed by atoms with Crippen molar-refractivity contribution in [2.24, 2.45) is 5.92 Å². The molecular weight excluding hydrogens is 382 g/mol. The van der Waals surface area contributed by atoms with Gasteiger partial charge in [-0.25, -0.2) is 0 Å². The molecule has 31 heavy (non-hydrogen) atoms. The summed E-state index contributed by atoms with van der Waals surface area (Å²) < 4.78 is 0. The van der Waals surface area contributed by atoms with Crippen LogP contribution in [0.25, 0.3) is 11.1 Å². The van der Waals surface area contributed by atoms with E-state index in [0.717, 1.165) is 38.2 Å². The van der Waals surface area contributed by atoms with E-state index in [9.17, 15) is 4.79 Å².